The quantitative estimate of drug-likeness (QED) is 0.630. The van der Waals surface area contributed by atoms with Crippen molar-refractivity contribution >= 4 is 0 Å². The predicted octanol–water partition coefficient (Wildman–Crippen LogP) is -0.0453. The molecular formula is C14H23N3O2. The Morgan fingerprint density at radius 3 is 3.11 bits per heavy atom. The van der Waals surface area contributed by atoms with E-state index in [1.54, 1.807) is 0 Å². The predicted molar refractivity (Wildman–Crippen MR) is 74.1 cm³/mol. The summed E-state index contributed by atoms with van der Waals surface area (Å²) in [6.07, 6.45) is 5.72. The maximum atomic E-state index is 10.3. The number of pyridine rings is 1. The van der Waals surface area contributed by atoms with Gasteiger partial charge in [0.15, 0.2) is 0 Å². The van der Waals surface area contributed by atoms with Gasteiger partial charge in [-0.2, -0.15) is 0 Å². The van der Waals surface area contributed by atoms with Crippen LogP contribution < -0.4 is 10.6 Å². The first kappa shape index (κ1) is 14.4. The van der Waals surface area contributed by atoms with Crippen molar-refractivity contribution in [3.63, 3.8) is 0 Å². The van der Waals surface area contributed by atoms with Gasteiger partial charge in [-0.05, 0) is 37.1 Å². The molecule has 19 heavy (non-hydrogen) atoms. The molecule has 1 aliphatic heterocycles. The van der Waals surface area contributed by atoms with Crippen LogP contribution in [-0.2, 0) is 11.2 Å². The number of aryl methyl sites for hydroxylation is 1. The molecular weight excluding hydrogens is 242 g/mol. The van der Waals surface area contributed by atoms with Crippen LogP contribution in [0.15, 0.2) is 24.5 Å². The molecule has 0 spiro atoms. The van der Waals surface area contributed by atoms with Gasteiger partial charge in [-0.3, -0.25) is 4.98 Å². The van der Waals surface area contributed by atoms with Gasteiger partial charge in [-0.25, -0.2) is 0 Å². The van der Waals surface area contributed by atoms with Crippen LogP contribution in [0.1, 0.15) is 12.0 Å². The molecule has 1 fully saturated rings. The summed E-state index contributed by atoms with van der Waals surface area (Å²) in [5.74, 6) is 0. The number of β-amino-alcohol motifs (C(OH)–C–C–N with tert-alkyl or cyclic N) is 1. The lowest BCUT2D eigenvalue weighted by Crippen LogP contribution is -2.50. The highest BCUT2D eigenvalue weighted by Gasteiger charge is 2.28. The zero-order valence-corrected chi connectivity index (χ0v) is 11.3. The second-order valence-electron chi connectivity index (χ2n) is 5.09. The summed E-state index contributed by atoms with van der Waals surface area (Å²) in [5, 5.41) is 16.8. The molecule has 1 aliphatic rings. The highest BCUT2D eigenvalue weighted by molar-refractivity contribution is 5.09. The third kappa shape index (κ3) is 5.24. The molecule has 2 heterocycles. The summed E-state index contributed by atoms with van der Waals surface area (Å²) in [6.45, 7) is 3.93. The fraction of sp³-hybridized carbons (Fsp3) is 0.643. The molecule has 0 saturated carbocycles. The summed E-state index contributed by atoms with van der Waals surface area (Å²) in [4.78, 5) is 4.00. The first-order valence-corrected chi connectivity index (χ1v) is 6.89. The van der Waals surface area contributed by atoms with Gasteiger partial charge >= 0.3 is 0 Å². The molecule has 0 aliphatic carbocycles. The number of nitrogens with zero attached hydrogens (tertiary/aromatic N) is 1. The topological polar surface area (TPSA) is 66.4 Å². The van der Waals surface area contributed by atoms with Crippen molar-refractivity contribution in [2.24, 2.45) is 0 Å². The SMILES string of the molecule is O[C@@]1(CNCCCc2ccncc2)CNCCOC1. The van der Waals surface area contributed by atoms with Gasteiger partial charge in [-0.15, -0.1) is 0 Å². The number of hydrogen-bond donors (Lipinski definition) is 3. The monoisotopic (exact) mass is 265 g/mol. The smallest absolute Gasteiger partial charge is 0.113 e. The number of aromatic nitrogens is 1. The van der Waals surface area contributed by atoms with Gasteiger partial charge in [0.1, 0.15) is 5.60 Å². The van der Waals surface area contributed by atoms with E-state index in [1.165, 1.54) is 5.56 Å². The van der Waals surface area contributed by atoms with Gasteiger partial charge in [0, 0.05) is 32.0 Å². The molecule has 5 nitrogen and oxygen atoms in total. The number of nitrogens with one attached hydrogen (secondary N) is 2. The summed E-state index contributed by atoms with van der Waals surface area (Å²) in [6, 6.07) is 4.08. The van der Waals surface area contributed by atoms with Crippen molar-refractivity contribution in [3.8, 4) is 0 Å². The fourth-order valence-corrected chi connectivity index (χ4v) is 2.18. The summed E-state index contributed by atoms with van der Waals surface area (Å²) in [7, 11) is 0. The molecule has 0 aromatic carbocycles. The number of rotatable bonds is 6. The molecule has 1 saturated heterocycles. The Balaban J connectivity index is 1.61. The molecule has 1 aromatic heterocycles. The Hall–Kier alpha value is -1.01. The third-order valence-electron chi connectivity index (χ3n) is 3.27. The largest absolute Gasteiger partial charge is 0.385 e. The van der Waals surface area contributed by atoms with Crippen molar-refractivity contribution in [1.29, 1.82) is 0 Å². The first-order valence-electron chi connectivity index (χ1n) is 6.89. The van der Waals surface area contributed by atoms with Crippen molar-refractivity contribution < 1.29 is 9.84 Å². The van der Waals surface area contributed by atoms with E-state index in [0.717, 1.165) is 25.9 Å². The highest BCUT2D eigenvalue weighted by Crippen LogP contribution is 2.06. The van der Waals surface area contributed by atoms with Crippen LogP contribution in [0, 0.1) is 0 Å². The van der Waals surface area contributed by atoms with E-state index in [1.807, 2.05) is 24.5 Å². The molecule has 3 N–H and O–H groups in total. The highest BCUT2D eigenvalue weighted by atomic mass is 16.5. The standard InChI is InChI=1S/C14H23N3O2/c18-14(11-17-8-9-19-12-14)10-16-5-1-2-13-3-6-15-7-4-13/h3-4,6-7,16-18H,1-2,5,8-12H2/t14-/m0/s1. The van der Waals surface area contributed by atoms with Crippen LogP contribution in [-0.4, -0.2) is 55.1 Å². The fourth-order valence-electron chi connectivity index (χ4n) is 2.18. The molecule has 0 radical (unpaired) electrons. The minimum atomic E-state index is -0.785. The Morgan fingerprint density at radius 2 is 2.26 bits per heavy atom. The van der Waals surface area contributed by atoms with Gasteiger partial charge in [0.05, 0.1) is 13.2 Å². The first-order chi connectivity index (χ1) is 9.29. The van der Waals surface area contributed by atoms with Gasteiger partial charge in [0.2, 0.25) is 0 Å². The maximum Gasteiger partial charge on any atom is 0.113 e. The van der Waals surface area contributed by atoms with Gasteiger partial charge in [0.25, 0.3) is 0 Å². The average molecular weight is 265 g/mol. The summed E-state index contributed by atoms with van der Waals surface area (Å²) in [5.41, 5.74) is 0.516. The Morgan fingerprint density at radius 1 is 1.42 bits per heavy atom. The van der Waals surface area contributed by atoms with E-state index in [-0.39, 0.29) is 0 Å². The normalized spacial score (nSPS) is 24.1. The molecule has 2 rings (SSSR count). The zero-order valence-electron chi connectivity index (χ0n) is 11.3. The van der Waals surface area contributed by atoms with Crippen molar-refractivity contribution in [1.82, 2.24) is 15.6 Å². The lowest BCUT2D eigenvalue weighted by molar-refractivity contribution is -0.0261. The molecule has 1 aromatic rings. The van der Waals surface area contributed by atoms with Crippen molar-refractivity contribution in [2.45, 2.75) is 18.4 Å². The second-order valence-corrected chi connectivity index (χ2v) is 5.09. The van der Waals surface area contributed by atoms with Crippen LogP contribution in [0.4, 0.5) is 0 Å². The number of hydrogen-bond acceptors (Lipinski definition) is 5. The molecule has 0 amide bonds. The lowest BCUT2D eigenvalue weighted by atomic mass is 10.1. The molecule has 0 unspecified atom stereocenters. The van der Waals surface area contributed by atoms with E-state index in [0.29, 0.717) is 26.3 Å². The van der Waals surface area contributed by atoms with Crippen LogP contribution in [0.2, 0.25) is 0 Å². The lowest BCUT2D eigenvalue weighted by Gasteiger charge is -2.26. The Kier molecular flexibility index (Phi) is 5.72. The minimum absolute atomic E-state index is 0.400. The minimum Gasteiger partial charge on any atom is -0.385 e. The van der Waals surface area contributed by atoms with E-state index in [4.69, 9.17) is 4.74 Å². The second kappa shape index (κ2) is 7.55. The zero-order chi connectivity index (χ0) is 13.4. The molecule has 106 valence electrons. The number of ether oxygens (including phenoxy) is 1. The van der Waals surface area contributed by atoms with Crippen LogP contribution in [0.3, 0.4) is 0 Å². The average Bonchev–Trinajstić information content (AvgIpc) is 2.65. The van der Waals surface area contributed by atoms with Crippen molar-refractivity contribution in [2.75, 3.05) is 39.4 Å². The van der Waals surface area contributed by atoms with Gasteiger partial charge in [-0.1, -0.05) is 0 Å². The number of aliphatic hydroxyl groups is 1. The van der Waals surface area contributed by atoms with Crippen LogP contribution >= 0.6 is 0 Å². The Labute approximate surface area is 114 Å². The van der Waals surface area contributed by atoms with Crippen molar-refractivity contribution in [3.05, 3.63) is 30.1 Å². The van der Waals surface area contributed by atoms with E-state index < -0.39 is 5.60 Å². The maximum absolute atomic E-state index is 10.3. The van der Waals surface area contributed by atoms with E-state index in [9.17, 15) is 5.11 Å². The molecule has 1 atom stereocenters. The molecule has 5 heteroatoms. The Bertz CT molecular complexity index is 351. The van der Waals surface area contributed by atoms with Crippen LogP contribution in [0.5, 0.6) is 0 Å². The van der Waals surface area contributed by atoms with Gasteiger partial charge < -0.3 is 20.5 Å². The molecule has 0 bridgehead atoms. The van der Waals surface area contributed by atoms with E-state index in [2.05, 4.69) is 15.6 Å². The summed E-state index contributed by atoms with van der Waals surface area (Å²) >= 11 is 0. The van der Waals surface area contributed by atoms with Crippen LogP contribution in [0.25, 0.3) is 0 Å². The third-order valence-corrected chi connectivity index (χ3v) is 3.27. The summed E-state index contributed by atoms with van der Waals surface area (Å²) < 4.78 is 5.38. The van der Waals surface area contributed by atoms with E-state index >= 15 is 0 Å².